The normalized spacial score (nSPS) is 10.1. The van der Waals surface area contributed by atoms with Gasteiger partial charge in [0.2, 0.25) is 0 Å². The summed E-state index contributed by atoms with van der Waals surface area (Å²) >= 11 is 6.09. The number of nitrogens with zero attached hydrogens (tertiary/aromatic N) is 3. The van der Waals surface area contributed by atoms with E-state index >= 15 is 0 Å². The third-order valence-electron chi connectivity index (χ3n) is 2.96. The summed E-state index contributed by atoms with van der Waals surface area (Å²) in [7, 11) is 0. The van der Waals surface area contributed by atoms with Gasteiger partial charge in [0.15, 0.2) is 0 Å². The largest absolute Gasteiger partial charge is 0.366 e. The van der Waals surface area contributed by atoms with Gasteiger partial charge in [0.1, 0.15) is 16.8 Å². The molecule has 1 aromatic heterocycles. The molecule has 5 heteroatoms. The van der Waals surface area contributed by atoms with E-state index in [2.05, 4.69) is 21.4 Å². The Balaban J connectivity index is 2.18. The summed E-state index contributed by atoms with van der Waals surface area (Å²) < 4.78 is 0. The maximum Gasteiger partial charge on any atom is 0.137 e. The maximum atomic E-state index is 8.89. The lowest BCUT2D eigenvalue weighted by molar-refractivity contribution is 0.922. The van der Waals surface area contributed by atoms with Gasteiger partial charge in [-0.1, -0.05) is 30.7 Å². The molecule has 0 spiro atoms. The molecule has 0 aliphatic carbocycles. The molecule has 1 aromatic carbocycles. The Morgan fingerprint density at radius 3 is 2.85 bits per heavy atom. The average molecular weight is 287 g/mol. The quantitative estimate of drug-likeness (QED) is 0.874. The molecule has 0 radical (unpaired) electrons. The van der Waals surface area contributed by atoms with E-state index in [0.717, 1.165) is 23.4 Å². The number of aryl methyl sites for hydroxylation is 1. The zero-order valence-electron chi connectivity index (χ0n) is 11.4. The van der Waals surface area contributed by atoms with Gasteiger partial charge in [0.25, 0.3) is 0 Å². The monoisotopic (exact) mass is 286 g/mol. The lowest BCUT2D eigenvalue weighted by atomic mass is 10.1. The number of halogens is 1. The van der Waals surface area contributed by atoms with Gasteiger partial charge in [-0.05, 0) is 24.6 Å². The fourth-order valence-corrected chi connectivity index (χ4v) is 1.99. The van der Waals surface area contributed by atoms with E-state index in [4.69, 9.17) is 16.9 Å². The predicted molar refractivity (Wildman–Crippen MR) is 79.6 cm³/mol. The highest BCUT2D eigenvalue weighted by Crippen LogP contribution is 2.20. The third-order valence-corrected chi connectivity index (χ3v) is 3.33. The highest BCUT2D eigenvalue weighted by Gasteiger charge is 2.08. The second-order valence-corrected chi connectivity index (χ2v) is 4.78. The summed E-state index contributed by atoms with van der Waals surface area (Å²) in [6.45, 7) is 4.46. The first kappa shape index (κ1) is 14.3. The van der Waals surface area contributed by atoms with Gasteiger partial charge in [-0.25, -0.2) is 9.97 Å². The van der Waals surface area contributed by atoms with Crippen LogP contribution < -0.4 is 5.32 Å². The van der Waals surface area contributed by atoms with E-state index < -0.39 is 0 Å². The number of aromatic nitrogens is 2. The molecular formula is C15H15ClN4. The molecule has 102 valence electrons. The van der Waals surface area contributed by atoms with Gasteiger partial charge in [-0.2, -0.15) is 5.26 Å². The van der Waals surface area contributed by atoms with Crippen LogP contribution in [0.15, 0.2) is 24.3 Å². The van der Waals surface area contributed by atoms with Crippen LogP contribution in [0.4, 0.5) is 5.82 Å². The van der Waals surface area contributed by atoms with Crippen molar-refractivity contribution in [1.82, 2.24) is 9.97 Å². The summed E-state index contributed by atoms with van der Waals surface area (Å²) in [6.07, 6.45) is 0.735. The third kappa shape index (κ3) is 3.25. The molecule has 2 aromatic rings. The first-order chi connectivity index (χ1) is 9.63. The minimum absolute atomic E-state index is 0.477. The molecule has 0 atom stereocenters. The summed E-state index contributed by atoms with van der Waals surface area (Å²) in [4.78, 5) is 8.64. The van der Waals surface area contributed by atoms with E-state index in [1.807, 2.05) is 32.0 Å². The molecule has 0 amide bonds. The maximum absolute atomic E-state index is 8.89. The molecule has 1 heterocycles. The summed E-state index contributed by atoms with van der Waals surface area (Å²) in [6, 6.07) is 9.60. The Morgan fingerprint density at radius 1 is 1.35 bits per heavy atom. The highest BCUT2D eigenvalue weighted by atomic mass is 35.5. The molecule has 20 heavy (non-hydrogen) atoms. The van der Waals surface area contributed by atoms with Crippen molar-refractivity contribution in [1.29, 1.82) is 5.26 Å². The molecule has 1 N–H and O–H groups in total. The van der Waals surface area contributed by atoms with E-state index in [1.54, 1.807) is 6.07 Å². The molecule has 0 fully saturated rings. The van der Waals surface area contributed by atoms with E-state index in [0.29, 0.717) is 23.1 Å². The van der Waals surface area contributed by atoms with Crippen molar-refractivity contribution in [2.45, 2.75) is 26.8 Å². The Bertz CT molecular complexity index is 661. The van der Waals surface area contributed by atoms with Crippen LogP contribution in [0.1, 0.15) is 29.4 Å². The highest BCUT2D eigenvalue weighted by molar-refractivity contribution is 6.30. The zero-order chi connectivity index (χ0) is 14.5. The summed E-state index contributed by atoms with van der Waals surface area (Å²) in [5.41, 5.74) is 2.51. The zero-order valence-corrected chi connectivity index (χ0v) is 12.2. The van der Waals surface area contributed by atoms with Crippen molar-refractivity contribution < 1.29 is 0 Å². The minimum Gasteiger partial charge on any atom is -0.366 e. The molecule has 0 aliphatic heterocycles. The van der Waals surface area contributed by atoms with Crippen LogP contribution in [0.25, 0.3) is 0 Å². The Kier molecular flexibility index (Phi) is 4.54. The molecule has 2 rings (SSSR count). The summed E-state index contributed by atoms with van der Waals surface area (Å²) in [5, 5.41) is 12.6. The van der Waals surface area contributed by atoms with E-state index in [9.17, 15) is 0 Å². The Labute approximate surface area is 123 Å². The molecule has 0 bridgehead atoms. The molecule has 4 nitrogen and oxygen atoms in total. The molecular weight excluding hydrogens is 272 g/mol. The number of anilines is 1. The number of rotatable bonds is 4. The van der Waals surface area contributed by atoms with Gasteiger partial charge in [-0.15, -0.1) is 0 Å². The number of hydrogen-bond acceptors (Lipinski definition) is 4. The number of benzene rings is 1. The topological polar surface area (TPSA) is 61.6 Å². The van der Waals surface area contributed by atoms with Crippen molar-refractivity contribution in [3.63, 3.8) is 0 Å². The molecule has 0 saturated carbocycles. The van der Waals surface area contributed by atoms with Crippen molar-refractivity contribution in [3.8, 4) is 6.07 Å². The first-order valence-electron chi connectivity index (χ1n) is 6.40. The Hall–Kier alpha value is -2.12. The van der Waals surface area contributed by atoms with E-state index in [1.165, 1.54) is 0 Å². The Morgan fingerprint density at radius 2 is 2.15 bits per heavy atom. The first-order valence-corrected chi connectivity index (χ1v) is 6.77. The second kappa shape index (κ2) is 6.36. The van der Waals surface area contributed by atoms with Gasteiger partial charge in [0, 0.05) is 18.5 Å². The number of hydrogen-bond donors (Lipinski definition) is 1. The van der Waals surface area contributed by atoms with Crippen molar-refractivity contribution in [2.75, 3.05) is 5.32 Å². The minimum atomic E-state index is 0.477. The lowest BCUT2D eigenvalue weighted by Crippen LogP contribution is -2.07. The molecule has 0 aliphatic rings. The van der Waals surface area contributed by atoms with Gasteiger partial charge < -0.3 is 5.32 Å². The average Bonchev–Trinajstić information content (AvgIpc) is 2.48. The second-order valence-electron chi connectivity index (χ2n) is 4.42. The van der Waals surface area contributed by atoms with Gasteiger partial charge >= 0.3 is 0 Å². The van der Waals surface area contributed by atoms with Gasteiger partial charge in [-0.3, -0.25) is 0 Å². The van der Waals surface area contributed by atoms with Crippen molar-refractivity contribution >= 4 is 17.4 Å². The SMILES string of the molecule is CCc1nc(Cl)c(C)c(NCc2cccc(C#N)c2)n1. The lowest BCUT2D eigenvalue weighted by Gasteiger charge is -2.11. The standard InChI is InChI=1S/C15H15ClN4/c1-3-13-19-14(16)10(2)15(20-13)18-9-12-6-4-5-11(7-12)8-17/h4-7H,3,9H2,1-2H3,(H,18,19,20). The van der Waals surface area contributed by atoms with Crippen molar-refractivity contribution in [2.24, 2.45) is 0 Å². The van der Waals surface area contributed by atoms with Crippen LogP contribution in [0, 0.1) is 18.3 Å². The van der Waals surface area contributed by atoms with Crippen LogP contribution in [-0.4, -0.2) is 9.97 Å². The fraction of sp³-hybridized carbons (Fsp3) is 0.267. The van der Waals surface area contributed by atoms with Crippen LogP contribution >= 0.6 is 11.6 Å². The predicted octanol–water partition coefficient (Wildman–Crippen LogP) is 3.48. The van der Waals surface area contributed by atoms with Crippen LogP contribution in [0.3, 0.4) is 0 Å². The number of nitrogens with one attached hydrogen (secondary N) is 1. The van der Waals surface area contributed by atoms with E-state index in [-0.39, 0.29) is 0 Å². The summed E-state index contributed by atoms with van der Waals surface area (Å²) in [5.74, 6) is 1.46. The number of nitriles is 1. The molecule has 0 saturated heterocycles. The van der Waals surface area contributed by atoms with Crippen LogP contribution in [0.5, 0.6) is 0 Å². The van der Waals surface area contributed by atoms with Crippen LogP contribution in [-0.2, 0) is 13.0 Å². The fourth-order valence-electron chi connectivity index (χ4n) is 1.80. The van der Waals surface area contributed by atoms with Crippen LogP contribution in [0.2, 0.25) is 5.15 Å². The molecule has 0 unspecified atom stereocenters. The smallest absolute Gasteiger partial charge is 0.137 e. The van der Waals surface area contributed by atoms with Gasteiger partial charge in [0.05, 0.1) is 11.6 Å². The van der Waals surface area contributed by atoms with Crippen molar-refractivity contribution in [3.05, 3.63) is 51.9 Å².